The second kappa shape index (κ2) is 23.3. The van der Waals surface area contributed by atoms with Gasteiger partial charge < -0.3 is 13.7 Å². The van der Waals surface area contributed by atoms with Gasteiger partial charge in [0.05, 0.1) is 17.3 Å². The average Bonchev–Trinajstić information content (AvgIpc) is 3.97. The molecule has 0 atom stereocenters. The van der Waals surface area contributed by atoms with E-state index in [1.165, 1.54) is 23.4 Å². The lowest BCUT2D eigenvalue weighted by molar-refractivity contribution is -0.107. The van der Waals surface area contributed by atoms with Crippen LogP contribution in [0.2, 0.25) is 0 Å². The zero-order valence-corrected chi connectivity index (χ0v) is 30.8. The van der Waals surface area contributed by atoms with Gasteiger partial charge in [0, 0.05) is 29.9 Å². The number of aromatic nitrogens is 3. The SMILES string of the molecule is CN(C=O)c1ccccn1.O=Cc1ccccc1.O=Cc1ncc(-c2ccccc2)o1.[C-]#[N+]CS(=O)(=O)c1ccc(C)cc1.c1ccc(-c2cnco2)cc1. The number of hydrogen-bond acceptors (Lipinski definition) is 10. The van der Waals surface area contributed by atoms with E-state index in [1.807, 2.05) is 97.9 Å². The summed E-state index contributed by atoms with van der Waals surface area (Å²) in [7, 11) is -1.72. The van der Waals surface area contributed by atoms with Crippen molar-refractivity contribution in [2.75, 3.05) is 17.8 Å². The lowest BCUT2D eigenvalue weighted by Gasteiger charge is -2.06. The first-order valence-electron chi connectivity index (χ1n) is 16.3. The summed E-state index contributed by atoms with van der Waals surface area (Å²) in [5, 5.41) is 0. The normalized spacial score (nSPS) is 9.69. The largest absolute Gasteiger partial charge is 0.444 e. The molecular weight excluding hydrogens is 719 g/mol. The van der Waals surface area contributed by atoms with Crippen molar-refractivity contribution in [3.63, 3.8) is 0 Å². The van der Waals surface area contributed by atoms with Gasteiger partial charge in [0.2, 0.25) is 12.7 Å². The van der Waals surface area contributed by atoms with Crippen molar-refractivity contribution < 1.29 is 31.6 Å². The fourth-order valence-corrected chi connectivity index (χ4v) is 4.96. The first-order valence-corrected chi connectivity index (χ1v) is 18.0. The molecule has 4 aromatic carbocycles. The monoisotopic (exact) mass is 755 g/mol. The molecule has 55 heavy (non-hydrogen) atoms. The molecule has 0 fully saturated rings. The van der Waals surface area contributed by atoms with Crippen molar-refractivity contribution in [1.82, 2.24) is 15.0 Å². The lowest BCUT2D eigenvalue weighted by Crippen LogP contribution is -2.14. The highest BCUT2D eigenvalue weighted by Gasteiger charge is 2.16. The Bertz CT molecular complexity index is 2280. The van der Waals surface area contributed by atoms with Crippen LogP contribution >= 0.6 is 0 Å². The van der Waals surface area contributed by atoms with Gasteiger partial charge in [-0.25, -0.2) is 29.9 Å². The van der Waals surface area contributed by atoms with Crippen molar-refractivity contribution in [3.8, 4) is 22.6 Å². The molecule has 0 aliphatic carbocycles. The summed E-state index contributed by atoms with van der Waals surface area (Å²) in [4.78, 5) is 46.5. The number of carbonyl (C=O) groups is 3. The number of pyridine rings is 1. The number of carbonyl (C=O) groups excluding carboxylic acids is 3. The van der Waals surface area contributed by atoms with E-state index >= 15 is 0 Å². The maximum atomic E-state index is 11.3. The second-order valence-corrected chi connectivity index (χ2v) is 12.9. The van der Waals surface area contributed by atoms with Gasteiger partial charge in [0.15, 0.2) is 17.9 Å². The molecule has 3 aromatic heterocycles. The number of nitrogens with zero attached hydrogens (tertiary/aromatic N) is 5. The molecule has 0 aliphatic heterocycles. The summed E-state index contributed by atoms with van der Waals surface area (Å²) in [5.41, 5.74) is 3.71. The van der Waals surface area contributed by atoms with Crippen LogP contribution < -0.4 is 4.90 Å². The minimum Gasteiger partial charge on any atom is -0.444 e. The number of oxazole rings is 2. The van der Waals surface area contributed by atoms with Crippen LogP contribution in [0, 0.1) is 13.5 Å². The number of anilines is 1. The van der Waals surface area contributed by atoms with Crippen molar-refractivity contribution in [2.45, 2.75) is 11.8 Å². The number of sulfone groups is 1. The van der Waals surface area contributed by atoms with E-state index in [0.29, 0.717) is 17.9 Å². The first kappa shape index (κ1) is 42.1. The summed E-state index contributed by atoms with van der Waals surface area (Å²) >= 11 is 0. The molecule has 0 saturated carbocycles. The first-order chi connectivity index (χ1) is 26.7. The summed E-state index contributed by atoms with van der Waals surface area (Å²) in [6.45, 7) is 8.38. The summed E-state index contributed by atoms with van der Waals surface area (Å²) in [6, 6.07) is 40.4. The number of benzene rings is 4. The molecule has 0 spiro atoms. The minimum absolute atomic E-state index is 0.110. The van der Waals surface area contributed by atoms with Gasteiger partial charge in [-0.3, -0.25) is 19.2 Å². The average molecular weight is 756 g/mol. The molecule has 13 heteroatoms. The molecule has 278 valence electrons. The zero-order valence-electron chi connectivity index (χ0n) is 30.0. The molecule has 1 amide bonds. The van der Waals surface area contributed by atoms with E-state index in [4.69, 9.17) is 15.4 Å². The fraction of sp³-hybridized carbons (Fsp3) is 0.0714. The molecule has 0 radical (unpaired) electrons. The number of rotatable bonds is 8. The topological polar surface area (TPSA) is 158 Å². The number of aldehydes is 2. The van der Waals surface area contributed by atoms with E-state index in [-0.39, 0.29) is 10.8 Å². The molecule has 0 unspecified atom stereocenters. The van der Waals surface area contributed by atoms with E-state index in [0.717, 1.165) is 40.7 Å². The minimum atomic E-state index is -3.38. The number of aryl methyl sites for hydroxylation is 1. The van der Waals surface area contributed by atoms with Crippen molar-refractivity contribution in [1.29, 1.82) is 0 Å². The van der Waals surface area contributed by atoms with Crippen LogP contribution in [0.1, 0.15) is 26.6 Å². The summed E-state index contributed by atoms with van der Waals surface area (Å²) < 4.78 is 32.9. The Morgan fingerprint density at radius 1 is 0.709 bits per heavy atom. The third-order valence-electron chi connectivity index (χ3n) is 6.89. The molecule has 0 aliphatic rings. The standard InChI is InChI=1S/C10H7NO2.C9H9NO2S.C9H7NO.C7H8N2O.C7H6O/c12-7-10-11-6-9(13-10)8-4-2-1-3-5-8;1-8-3-5-9(6-4-8)13(11,12)7-10-2;1-2-4-8(5-3-1)9-6-10-7-11-9;1-9(6-10)7-4-2-3-5-8-7;8-6-7-4-2-1-3-5-7/h1-7H;3-6H,7H2,1H3;1-7H;2-6H,1H3;1-6H. The molecular formula is C42H37N5O7S. The molecule has 7 aromatic rings. The van der Waals surface area contributed by atoms with Crippen molar-refractivity contribution in [2.24, 2.45) is 0 Å². The van der Waals surface area contributed by atoms with Crippen molar-refractivity contribution >= 4 is 34.6 Å². The zero-order chi connectivity index (χ0) is 39.7. The van der Waals surface area contributed by atoms with Gasteiger partial charge in [-0.1, -0.05) is 115 Å². The molecule has 0 saturated heterocycles. The Morgan fingerprint density at radius 3 is 1.75 bits per heavy atom. The van der Waals surface area contributed by atoms with Crippen LogP contribution in [-0.4, -0.2) is 55.3 Å². The van der Waals surface area contributed by atoms with Gasteiger partial charge >= 0.3 is 5.88 Å². The highest BCUT2D eigenvalue weighted by atomic mass is 32.2. The maximum Gasteiger partial charge on any atom is 0.316 e. The Hall–Kier alpha value is -7.30. The van der Waals surface area contributed by atoms with Gasteiger partial charge in [-0.05, 0) is 31.2 Å². The fourth-order valence-electron chi connectivity index (χ4n) is 4.09. The number of amides is 1. The van der Waals surface area contributed by atoms with E-state index in [2.05, 4.69) is 19.8 Å². The highest BCUT2D eigenvalue weighted by Crippen LogP contribution is 2.19. The van der Waals surface area contributed by atoms with E-state index < -0.39 is 15.7 Å². The summed E-state index contributed by atoms with van der Waals surface area (Å²) in [5.74, 6) is 1.72. The third-order valence-corrected chi connectivity index (χ3v) is 8.35. The third kappa shape index (κ3) is 15.1. The van der Waals surface area contributed by atoms with Gasteiger partial charge in [0.25, 0.3) is 15.7 Å². The van der Waals surface area contributed by atoms with Crippen LogP contribution in [0.5, 0.6) is 0 Å². The molecule has 7 rings (SSSR count). The van der Waals surface area contributed by atoms with Gasteiger partial charge in [-0.2, -0.15) is 0 Å². The van der Waals surface area contributed by atoms with Crippen LogP contribution in [0.3, 0.4) is 0 Å². The Balaban J connectivity index is 0.000000186. The molecule has 0 bridgehead atoms. The Morgan fingerprint density at radius 2 is 1.29 bits per heavy atom. The summed E-state index contributed by atoms with van der Waals surface area (Å²) in [6.07, 6.45) is 8.47. The van der Waals surface area contributed by atoms with Gasteiger partial charge in [-0.15, -0.1) is 0 Å². The maximum absolute atomic E-state index is 11.3. The smallest absolute Gasteiger partial charge is 0.316 e. The van der Waals surface area contributed by atoms with Crippen LogP contribution in [0.15, 0.2) is 172 Å². The lowest BCUT2D eigenvalue weighted by atomic mass is 10.2. The van der Waals surface area contributed by atoms with E-state index in [1.54, 1.807) is 56.0 Å². The molecule has 12 nitrogen and oxygen atoms in total. The van der Waals surface area contributed by atoms with Crippen molar-refractivity contribution in [3.05, 3.63) is 187 Å². The van der Waals surface area contributed by atoms with Gasteiger partial charge in [0.1, 0.15) is 12.1 Å². The van der Waals surface area contributed by atoms with E-state index in [9.17, 15) is 22.8 Å². The highest BCUT2D eigenvalue weighted by molar-refractivity contribution is 7.91. The predicted molar refractivity (Wildman–Crippen MR) is 210 cm³/mol. The second-order valence-electron chi connectivity index (χ2n) is 10.9. The van der Waals surface area contributed by atoms with Crippen LogP contribution in [0.25, 0.3) is 27.5 Å². The van der Waals surface area contributed by atoms with Crippen LogP contribution in [-0.2, 0) is 14.6 Å². The Labute approximate surface area is 319 Å². The Kier molecular flexibility index (Phi) is 17.8. The quantitative estimate of drug-likeness (QED) is 0.109. The predicted octanol–water partition coefficient (Wildman–Crippen LogP) is 8.31. The molecule has 3 heterocycles. The van der Waals surface area contributed by atoms with Crippen LogP contribution in [0.4, 0.5) is 5.82 Å². The number of hydrogen-bond donors (Lipinski definition) is 0. The molecule has 0 N–H and O–H groups in total.